The largest absolute Gasteiger partial charge is 0.378 e. The van der Waals surface area contributed by atoms with E-state index in [1.807, 2.05) is 32.3 Å². The molecule has 1 aliphatic carbocycles. The fourth-order valence-corrected chi connectivity index (χ4v) is 2.90. The van der Waals surface area contributed by atoms with Crippen molar-refractivity contribution in [3.63, 3.8) is 0 Å². The lowest BCUT2D eigenvalue weighted by Crippen LogP contribution is -2.12. The maximum absolute atomic E-state index is 12.4. The van der Waals surface area contributed by atoms with Crippen molar-refractivity contribution in [1.82, 2.24) is 0 Å². The number of rotatable bonds is 3. The number of anilines is 1. The normalized spacial score (nSPS) is 17.1. The molecule has 0 aliphatic heterocycles. The molecule has 1 aliphatic rings. The highest BCUT2D eigenvalue weighted by molar-refractivity contribution is 6.02. The fourth-order valence-electron chi connectivity index (χ4n) is 2.90. The van der Waals surface area contributed by atoms with Crippen molar-refractivity contribution >= 4 is 11.5 Å². The lowest BCUT2D eigenvalue weighted by Gasteiger charge is -2.13. The van der Waals surface area contributed by atoms with Crippen molar-refractivity contribution in [2.24, 2.45) is 5.92 Å². The first-order chi connectivity index (χ1) is 9.65. The molecule has 0 N–H and O–H groups in total. The van der Waals surface area contributed by atoms with E-state index in [-0.39, 0.29) is 5.92 Å². The zero-order valence-electron chi connectivity index (χ0n) is 12.0. The quantitative estimate of drug-likeness (QED) is 0.848. The van der Waals surface area contributed by atoms with Gasteiger partial charge in [-0.3, -0.25) is 4.79 Å². The van der Waals surface area contributed by atoms with Gasteiger partial charge in [0.15, 0.2) is 5.78 Å². The minimum atomic E-state index is 0.109. The molecule has 0 heterocycles. The lowest BCUT2D eigenvalue weighted by atomic mass is 9.95. The molecule has 1 atom stereocenters. The number of benzene rings is 2. The predicted octanol–water partition coefficient (Wildman–Crippen LogP) is 3.35. The maximum Gasteiger partial charge on any atom is 0.166 e. The van der Waals surface area contributed by atoms with Gasteiger partial charge in [-0.2, -0.15) is 0 Å². The standard InChI is InChI=1S/C18H19NO/c1-19(2)16-9-7-13(8-10-16)11-15-12-14-5-3-4-6-17(14)18(15)20/h3-10,15H,11-12H2,1-2H3. The Labute approximate surface area is 120 Å². The van der Waals surface area contributed by atoms with E-state index >= 15 is 0 Å². The molecular weight excluding hydrogens is 246 g/mol. The van der Waals surface area contributed by atoms with E-state index in [0.717, 1.165) is 18.4 Å². The number of carbonyl (C=O) groups excluding carboxylic acids is 1. The predicted molar refractivity (Wildman–Crippen MR) is 82.4 cm³/mol. The van der Waals surface area contributed by atoms with Gasteiger partial charge in [-0.15, -0.1) is 0 Å². The van der Waals surface area contributed by atoms with Crippen LogP contribution in [0.2, 0.25) is 0 Å². The lowest BCUT2D eigenvalue weighted by molar-refractivity contribution is 0.0936. The Balaban J connectivity index is 1.75. The molecule has 0 bridgehead atoms. The van der Waals surface area contributed by atoms with E-state index < -0.39 is 0 Å². The zero-order valence-corrected chi connectivity index (χ0v) is 12.0. The molecule has 0 amide bonds. The van der Waals surface area contributed by atoms with E-state index in [1.165, 1.54) is 16.8 Å². The second-order valence-corrected chi connectivity index (χ2v) is 5.69. The summed E-state index contributed by atoms with van der Waals surface area (Å²) in [6.07, 6.45) is 1.71. The van der Waals surface area contributed by atoms with Gasteiger partial charge in [-0.1, -0.05) is 36.4 Å². The van der Waals surface area contributed by atoms with Gasteiger partial charge in [0.25, 0.3) is 0 Å². The fraction of sp³-hybridized carbons (Fsp3) is 0.278. The molecule has 0 radical (unpaired) electrons. The molecule has 1 unspecified atom stereocenters. The van der Waals surface area contributed by atoms with Gasteiger partial charge >= 0.3 is 0 Å². The number of ketones is 1. The van der Waals surface area contributed by atoms with Gasteiger partial charge in [-0.05, 0) is 36.1 Å². The Morgan fingerprint density at radius 1 is 1.05 bits per heavy atom. The van der Waals surface area contributed by atoms with E-state index in [9.17, 15) is 4.79 Å². The van der Waals surface area contributed by atoms with Crippen LogP contribution in [-0.4, -0.2) is 19.9 Å². The molecule has 2 aromatic carbocycles. The van der Waals surface area contributed by atoms with Crippen molar-refractivity contribution in [3.05, 3.63) is 65.2 Å². The first-order valence-electron chi connectivity index (χ1n) is 7.03. The summed E-state index contributed by atoms with van der Waals surface area (Å²) in [5.74, 6) is 0.412. The SMILES string of the molecule is CN(C)c1ccc(CC2Cc3ccccc3C2=O)cc1. The molecule has 3 rings (SSSR count). The van der Waals surface area contributed by atoms with Gasteiger partial charge < -0.3 is 4.90 Å². The van der Waals surface area contributed by atoms with Crippen LogP contribution in [0, 0.1) is 5.92 Å². The Morgan fingerprint density at radius 2 is 1.75 bits per heavy atom. The van der Waals surface area contributed by atoms with E-state index in [1.54, 1.807) is 0 Å². The van der Waals surface area contributed by atoms with E-state index in [0.29, 0.717) is 5.78 Å². The summed E-state index contributed by atoms with van der Waals surface area (Å²) >= 11 is 0. The molecule has 2 aromatic rings. The monoisotopic (exact) mass is 265 g/mol. The highest BCUT2D eigenvalue weighted by Crippen LogP contribution is 2.29. The minimum absolute atomic E-state index is 0.109. The molecule has 2 nitrogen and oxygen atoms in total. The zero-order chi connectivity index (χ0) is 14.1. The molecule has 102 valence electrons. The summed E-state index contributed by atoms with van der Waals surface area (Å²) in [6.45, 7) is 0. The molecule has 0 aromatic heterocycles. The maximum atomic E-state index is 12.4. The van der Waals surface area contributed by atoms with Crippen molar-refractivity contribution in [2.45, 2.75) is 12.8 Å². The second kappa shape index (κ2) is 5.12. The van der Waals surface area contributed by atoms with Crippen molar-refractivity contribution < 1.29 is 4.79 Å². The Bertz CT molecular complexity index is 628. The van der Waals surface area contributed by atoms with Crippen molar-refractivity contribution in [1.29, 1.82) is 0 Å². The van der Waals surface area contributed by atoms with Crippen LogP contribution in [-0.2, 0) is 12.8 Å². The third-order valence-electron chi connectivity index (χ3n) is 4.05. The van der Waals surface area contributed by atoms with Gasteiger partial charge in [0, 0.05) is 31.3 Å². The number of nitrogens with zero attached hydrogens (tertiary/aromatic N) is 1. The summed E-state index contributed by atoms with van der Waals surface area (Å²) in [4.78, 5) is 14.5. The van der Waals surface area contributed by atoms with Crippen molar-refractivity contribution in [3.8, 4) is 0 Å². The number of fused-ring (bicyclic) bond motifs is 1. The van der Waals surface area contributed by atoms with Crippen LogP contribution in [0.15, 0.2) is 48.5 Å². The summed E-state index contributed by atoms with van der Waals surface area (Å²) in [6, 6.07) is 16.5. The highest BCUT2D eigenvalue weighted by atomic mass is 16.1. The summed E-state index contributed by atoms with van der Waals surface area (Å²) in [5.41, 5.74) is 4.55. The number of Topliss-reactive ketones (excluding diaryl/α,β-unsaturated/α-hetero) is 1. The molecule has 0 saturated heterocycles. The van der Waals surface area contributed by atoms with Gasteiger partial charge in [0.2, 0.25) is 0 Å². The molecule has 0 spiro atoms. The van der Waals surface area contributed by atoms with Crippen LogP contribution in [0.25, 0.3) is 0 Å². The number of hydrogen-bond donors (Lipinski definition) is 0. The Hall–Kier alpha value is -2.09. The Kier molecular flexibility index (Phi) is 3.31. The smallest absolute Gasteiger partial charge is 0.166 e. The van der Waals surface area contributed by atoms with Crippen LogP contribution < -0.4 is 4.90 Å². The summed E-state index contributed by atoms with van der Waals surface area (Å²) < 4.78 is 0. The average molecular weight is 265 g/mol. The van der Waals surface area contributed by atoms with Gasteiger partial charge in [0.05, 0.1) is 0 Å². The molecule has 2 heteroatoms. The summed E-state index contributed by atoms with van der Waals surface area (Å²) in [7, 11) is 4.07. The van der Waals surface area contributed by atoms with Crippen LogP contribution in [0.3, 0.4) is 0 Å². The third kappa shape index (κ3) is 2.34. The van der Waals surface area contributed by atoms with Crippen LogP contribution in [0.4, 0.5) is 5.69 Å². The van der Waals surface area contributed by atoms with E-state index in [2.05, 4.69) is 35.2 Å². The number of carbonyl (C=O) groups is 1. The molecule has 0 saturated carbocycles. The average Bonchev–Trinajstić information content (AvgIpc) is 2.77. The minimum Gasteiger partial charge on any atom is -0.378 e. The van der Waals surface area contributed by atoms with Gasteiger partial charge in [0.1, 0.15) is 0 Å². The van der Waals surface area contributed by atoms with Crippen LogP contribution in [0.5, 0.6) is 0 Å². The third-order valence-corrected chi connectivity index (χ3v) is 4.05. The van der Waals surface area contributed by atoms with Gasteiger partial charge in [-0.25, -0.2) is 0 Å². The Morgan fingerprint density at radius 3 is 2.40 bits per heavy atom. The highest BCUT2D eigenvalue weighted by Gasteiger charge is 2.29. The molecule has 20 heavy (non-hydrogen) atoms. The first-order valence-corrected chi connectivity index (χ1v) is 7.03. The summed E-state index contributed by atoms with van der Waals surface area (Å²) in [5, 5.41) is 0. The second-order valence-electron chi connectivity index (χ2n) is 5.69. The first kappa shape index (κ1) is 12.9. The topological polar surface area (TPSA) is 20.3 Å². The van der Waals surface area contributed by atoms with Crippen LogP contribution in [0.1, 0.15) is 21.5 Å². The number of hydrogen-bond acceptors (Lipinski definition) is 2. The van der Waals surface area contributed by atoms with E-state index in [4.69, 9.17) is 0 Å². The van der Waals surface area contributed by atoms with Crippen LogP contribution >= 0.6 is 0 Å². The van der Waals surface area contributed by atoms with Crippen molar-refractivity contribution in [2.75, 3.05) is 19.0 Å². The molecular formula is C18H19NO. The molecule has 0 fully saturated rings.